The van der Waals surface area contributed by atoms with Crippen molar-refractivity contribution in [3.05, 3.63) is 65.6 Å². The number of fused-ring (bicyclic) bond motifs is 1. The van der Waals surface area contributed by atoms with Gasteiger partial charge in [0.25, 0.3) is 0 Å². The van der Waals surface area contributed by atoms with Crippen LogP contribution >= 0.6 is 0 Å². The third kappa shape index (κ3) is 3.03. The fraction of sp³-hybridized carbons (Fsp3) is 0.118. The van der Waals surface area contributed by atoms with E-state index in [-0.39, 0.29) is 10.6 Å². The number of hydrogen-bond acceptors (Lipinski definition) is 4. The summed E-state index contributed by atoms with van der Waals surface area (Å²) in [6.07, 6.45) is 0. The standard InChI is InChI=1S/C17H14FNO3S/c1-11-6-9-14(18)10-16(11)23(20,21)22-15-5-3-4-13-8-7-12(2)19-17(13)15/h3-10H,1-2H3. The summed E-state index contributed by atoms with van der Waals surface area (Å²) < 4.78 is 43.6. The number of aryl methyl sites for hydroxylation is 2. The lowest BCUT2D eigenvalue weighted by Crippen LogP contribution is -2.12. The normalized spacial score (nSPS) is 11.6. The van der Waals surface area contributed by atoms with Gasteiger partial charge in [-0.2, -0.15) is 8.42 Å². The molecular formula is C17H14FNO3S. The monoisotopic (exact) mass is 331 g/mol. The molecule has 2 aromatic carbocycles. The molecule has 0 bridgehead atoms. The van der Waals surface area contributed by atoms with Crippen LogP contribution in [0.15, 0.2) is 53.4 Å². The summed E-state index contributed by atoms with van der Waals surface area (Å²) in [4.78, 5) is 4.14. The lowest BCUT2D eigenvalue weighted by atomic mass is 10.2. The molecule has 1 heterocycles. The molecule has 0 N–H and O–H groups in total. The second-order valence-corrected chi connectivity index (χ2v) is 6.74. The topological polar surface area (TPSA) is 56.3 Å². The number of halogens is 1. The zero-order valence-electron chi connectivity index (χ0n) is 12.6. The van der Waals surface area contributed by atoms with E-state index in [9.17, 15) is 12.8 Å². The van der Waals surface area contributed by atoms with Crippen LogP contribution in [0.3, 0.4) is 0 Å². The number of rotatable bonds is 3. The van der Waals surface area contributed by atoms with Crippen LogP contribution in [0, 0.1) is 19.7 Å². The van der Waals surface area contributed by atoms with E-state index < -0.39 is 15.9 Å². The van der Waals surface area contributed by atoms with E-state index in [1.807, 2.05) is 18.2 Å². The second-order valence-electron chi connectivity index (χ2n) is 5.23. The smallest absolute Gasteiger partial charge is 0.339 e. The number of nitrogens with zero attached hydrogens (tertiary/aromatic N) is 1. The van der Waals surface area contributed by atoms with E-state index in [4.69, 9.17) is 4.18 Å². The highest BCUT2D eigenvalue weighted by Crippen LogP contribution is 2.28. The fourth-order valence-corrected chi connectivity index (χ4v) is 3.47. The van der Waals surface area contributed by atoms with Gasteiger partial charge in [-0.1, -0.05) is 24.3 Å². The second kappa shape index (κ2) is 5.62. The molecule has 0 aliphatic rings. The van der Waals surface area contributed by atoms with Gasteiger partial charge in [0.05, 0.1) is 0 Å². The van der Waals surface area contributed by atoms with Gasteiger partial charge in [-0.25, -0.2) is 9.37 Å². The van der Waals surface area contributed by atoms with Crippen LogP contribution in [-0.2, 0) is 10.1 Å². The molecule has 0 radical (unpaired) electrons. The van der Waals surface area contributed by atoms with Crippen molar-refractivity contribution in [2.75, 3.05) is 0 Å². The highest BCUT2D eigenvalue weighted by Gasteiger charge is 2.21. The van der Waals surface area contributed by atoms with Crippen LogP contribution < -0.4 is 4.18 Å². The lowest BCUT2D eigenvalue weighted by Gasteiger charge is -2.11. The zero-order chi connectivity index (χ0) is 16.6. The van der Waals surface area contributed by atoms with Gasteiger partial charge in [-0.15, -0.1) is 0 Å². The average Bonchev–Trinajstić information content (AvgIpc) is 2.50. The third-order valence-electron chi connectivity index (χ3n) is 3.44. The van der Waals surface area contributed by atoms with Crippen LogP contribution in [0.4, 0.5) is 4.39 Å². The molecule has 118 valence electrons. The van der Waals surface area contributed by atoms with Crippen molar-refractivity contribution in [2.45, 2.75) is 18.7 Å². The summed E-state index contributed by atoms with van der Waals surface area (Å²) in [5.41, 5.74) is 1.61. The van der Waals surface area contributed by atoms with E-state index >= 15 is 0 Å². The molecule has 0 fully saturated rings. The maximum absolute atomic E-state index is 13.4. The molecule has 3 rings (SSSR count). The van der Waals surface area contributed by atoms with Crippen molar-refractivity contribution < 1.29 is 17.0 Å². The van der Waals surface area contributed by atoms with Crippen molar-refractivity contribution >= 4 is 21.0 Å². The average molecular weight is 331 g/mol. The largest absolute Gasteiger partial charge is 0.377 e. The summed E-state index contributed by atoms with van der Waals surface area (Å²) in [7, 11) is -4.15. The van der Waals surface area contributed by atoms with Crippen molar-refractivity contribution in [1.82, 2.24) is 4.98 Å². The Bertz CT molecular complexity index is 1000. The molecule has 0 aliphatic heterocycles. The maximum Gasteiger partial charge on any atom is 0.339 e. The van der Waals surface area contributed by atoms with Crippen molar-refractivity contribution in [3.63, 3.8) is 0 Å². The fourth-order valence-electron chi connectivity index (χ4n) is 2.29. The summed E-state index contributed by atoms with van der Waals surface area (Å²) in [5, 5.41) is 0.763. The SMILES string of the molecule is Cc1ccc2cccc(OS(=O)(=O)c3cc(F)ccc3C)c2n1. The number of para-hydroxylation sites is 1. The molecule has 0 amide bonds. The van der Waals surface area contributed by atoms with Crippen molar-refractivity contribution in [2.24, 2.45) is 0 Å². The van der Waals surface area contributed by atoms with Crippen LogP contribution in [0.2, 0.25) is 0 Å². The van der Waals surface area contributed by atoms with Gasteiger partial charge in [-0.3, -0.25) is 0 Å². The first kappa shape index (κ1) is 15.4. The van der Waals surface area contributed by atoms with Gasteiger partial charge < -0.3 is 4.18 Å². The molecule has 1 aromatic heterocycles. The predicted molar refractivity (Wildman–Crippen MR) is 85.4 cm³/mol. The molecule has 0 saturated carbocycles. The molecule has 23 heavy (non-hydrogen) atoms. The Morgan fingerprint density at radius 2 is 1.83 bits per heavy atom. The quantitative estimate of drug-likeness (QED) is 0.686. The Morgan fingerprint density at radius 3 is 2.61 bits per heavy atom. The zero-order valence-corrected chi connectivity index (χ0v) is 13.4. The molecule has 0 saturated heterocycles. The highest BCUT2D eigenvalue weighted by atomic mass is 32.2. The summed E-state index contributed by atoms with van der Waals surface area (Å²) in [5.74, 6) is -0.514. The van der Waals surface area contributed by atoms with Gasteiger partial charge in [-0.05, 0) is 43.7 Å². The molecule has 0 atom stereocenters. The Hall–Kier alpha value is -2.47. The van der Waals surface area contributed by atoms with E-state index in [0.717, 1.165) is 17.1 Å². The number of benzene rings is 2. The van der Waals surface area contributed by atoms with Crippen LogP contribution in [0.25, 0.3) is 10.9 Å². The van der Waals surface area contributed by atoms with E-state index in [0.29, 0.717) is 11.1 Å². The summed E-state index contributed by atoms with van der Waals surface area (Å²) in [6.45, 7) is 3.39. The van der Waals surface area contributed by atoms with E-state index in [2.05, 4.69) is 4.98 Å². The Balaban J connectivity index is 2.11. The molecule has 0 aliphatic carbocycles. The van der Waals surface area contributed by atoms with Crippen LogP contribution in [0.5, 0.6) is 5.75 Å². The van der Waals surface area contributed by atoms with Crippen LogP contribution in [0.1, 0.15) is 11.3 Å². The maximum atomic E-state index is 13.4. The lowest BCUT2D eigenvalue weighted by molar-refractivity contribution is 0.486. The number of hydrogen-bond donors (Lipinski definition) is 0. The molecular weight excluding hydrogens is 317 g/mol. The Morgan fingerprint density at radius 1 is 1.04 bits per heavy atom. The van der Waals surface area contributed by atoms with Gasteiger partial charge >= 0.3 is 10.1 Å². The van der Waals surface area contributed by atoms with E-state index in [1.54, 1.807) is 19.9 Å². The minimum Gasteiger partial charge on any atom is -0.377 e. The first-order valence-electron chi connectivity index (χ1n) is 6.94. The van der Waals surface area contributed by atoms with Gasteiger partial charge in [0, 0.05) is 11.1 Å². The Kier molecular flexibility index (Phi) is 3.77. The molecule has 0 spiro atoms. The third-order valence-corrected chi connectivity index (χ3v) is 4.82. The molecule has 0 unspecified atom stereocenters. The first-order chi connectivity index (χ1) is 10.9. The highest BCUT2D eigenvalue weighted by molar-refractivity contribution is 7.87. The first-order valence-corrected chi connectivity index (χ1v) is 8.35. The van der Waals surface area contributed by atoms with Crippen molar-refractivity contribution in [1.29, 1.82) is 0 Å². The summed E-state index contributed by atoms with van der Waals surface area (Å²) >= 11 is 0. The van der Waals surface area contributed by atoms with Gasteiger partial charge in [0.1, 0.15) is 16.2 Å². The molecule has 3 aromatic rings. The molecule has 4 nitrogen and oxygen atoms in total. The minimum absolute atomic E-state index is 0.120. The summed E-state index contributed by atoms with van der Waals surface area (Å²) in [6, 6.07) is 12.3. The van der Waals surface area contributed by atoms with Gasteiger partial charge in [0.2, 0.25) is 0 Å². The van der Waals surface area contributed by atoms with E-state index in [1.165, 1.54) is 18.2 Å². The molecule has 6 heteroatoms. The number of aromatic nitrogens is 1. The van der Waals surface area contributed by atoms with Crippen LogP contribution in [-0.4, -0.2) is 13.4 Å². The predicted octanol–water partition coefficient (Wildman–Crippen LogP) is 3.76. The Labute approximate surface area is 133 Å². The van der Waals surface area contributed by atoms with Gasteiger partial charge in [0.15, 0.2) is 5.75 Å². The van der Waals surface area contributed by atoms with Crippen molar-refractivity contribution in [3.8, 4) is 5.75 Å². The number of pyridine rings is 1. The minimum atomic E-state index is -4.15.